The normalized spacial score (nSPS) is 41.2. The largest absolute Gasteiger partial charge is 0.313 e. The van der Waals surface area contributed by atoms with Crippen molar-refractivity contribution in [1.29, 1.82) is 0 Å². The van der Waals surface area contributed by atoms with Crippen LogP contribution in [0.15, 0.2) is 0 Å². The van der Waals surface area contributed by atoms with Crippen molar-refractivity contribution < 1.29 is 0 Å². The summed E-state index contributed by atoms with van der Waals surface area (Å²) >= 11 is 0. The van der Waals surface area contributed by atoms with E-state index in [9.17, 15) is 0 Å². The molecule has 0 aromatic rings. The Hall–Kier alpha value is -0.0400. The lowest BCUT2D eigenvalue weighted by molar-refractivity contribution is 0.328. The van der Waals surface area contributed by atoms with Crippen LogP contribution in [-0.2, 0) is 0 Å². The van der Waals surface area contributed by atoms with Crippen molar-refractivity contribution in [1.82, 2.24) is 5.32 Å². The molecule has 0 amide bonds. The molecule has 88 valence electrons. The summed E-state index contributed by atoms with van der Waals surface area (Å²) in [6.45, 7) is 6.08. The van der Waals surface area contributed by atoms with Crippen LogP contribution in [0.25, 0.3) is 0 Å². The van der Waals surface area contributed by atoms with Crippen molar-refractivity contribution in [3.8, 4) is 0 Å². The standard InChI is InChI=1S/C14H27N/c1-3-12-7-5-9-14(12)15-10-13-8-4-6-11(13)2/h11-15H,3-10H2,1-2H3. The zero-order valence-electron chi connectivity index (χ0n) is 10.5. The molecule has 2 fully saturated rings. The van der Waals surface area contributed by atoms with Crippen molar-refractivity contribution in [3.05, 3.63) is 0 Å². The van der Waals surface area contributed by atoms with Gasteiger partial charge in [0.1, 0.15) is 0 Å². The molecule has 0 spiro atoms. The van der Waals surface area contributed by atoms with Crippen molar-refractivity contribution in [3.63, 3.8) is 0 Å². The van der Waals surface area contributed by atoms with Gasteiger partial charge < -0.3 is 5.32 Å². The first-order chi connectivity index (χ1) is 7.31. The third-order valence-corrected chi connectivity index (χ3v) is 4.86. The lowest BCUT2D eigenvalue weighted by Crippen LogP contribution is -2.36. The van der Waals surface area contributed by atoms with Crippen molar-refractivity contribution in [2.24, 2.45) is 17.8 Å². The fourth-order valence-electron chi connectivity index (χ4n) is 3.62. The first-order valence-electron chi connectivity index (χ1n) is 7.04. The predicted octanol–water partition coefficient (Wildman–Crippen LogP) is 3.59. The molecule has 1 heteroatoms. The quantitative estimate of drug-likeness (QED) is 0.746. The van der Waals surface area contributed by atoms with Gasteiger partial charge in [-0.2, -0.15) is 0 Å². The fourth-order valence-corrected chi connectivity index (χ4v) is 3.62. The molecule has 4 atom stereocenters. The summed E-state index contributed by atoms with van der Waals surface area (Å²) in [5.41, 5.74) is 0. The zero-order chi connectivity index (χ0) is 10.7. The summed E-state index contributed by atoms with van der Waals surface area (Å²) in [5.74, 6) is 2.92. The molecule has 0 aromatic heterocycles. The molecular weight excluding hydrogens is 182 g/mol. The van der Waals surface area contributed by atoms with E-state index >= 15 is 0 Å². The minimum atomic E-state index is 0.850. The molecule has 0 aliphatic heterocycles. The van der Waals surface area contributed by atoms with Gasteiger partial charge in [0.15, 0.2) is 0 Å². The predicted molar refractivity (Wildman–Crippen MR) is 65.9 cm³/mol. The molecule has 0 saturated heterocycles. The number of hydrogen-bond donors (Lipinski definition) is 1. The van der Waals surface area contributed by atoms with E-state index in [4.69, 9.17) is 0 Å². The molecule has 0 bridgehead atoms. The Morgan fingerprint density at radius 2 is 1.73 bits per heavy atom. The summed E-state index contributed by atoms with van der Waals surface area (Å²) in [4.78, 5) is 0. The highest BCUT2D eigenvalue weighted by Gasteiger charge is 2.28. The van der Waals surface area contributed by atoms with Crippen molar-refractivity contribution in [2.45, 2.75) is 64.8 Å². The van der Waals surface area contributed by atoms with Crippen LogP contribution in [0.1, 0.15) is 58.8 Å². The topological polar surface area (TPSA) is 12.0 Å². The van der Waals surface area contributed by atoms with E-state index in [1.807, 2.05) is 0 Å². The van der Waals surface area contributed by atoms with Crippen molar-refractivity contribution in [2.75, 3.05) is 6.54 Å². The second-order valence-electron chi connectivity index (χ2n) is 5.78. The number of hydrogen-bond acceptors (Lipinski definition) is 1. The van der Waals surface area contributed by atoms with Crippen LogP contribution in [0.2, 0.25) is 0 Å². The van der Waals surface area contributed by atoms with E-state index in [-0.39, 0.29) is 0 Å². The Balaban J connectivity index is 1.72. The first kappa shape index (κ1) is 11.4. The Labute approximate surface area is 95.0 Å². The molecule has 15 heavy (non-hydrogen) atoms. The van der Waals surface area contributed by atoms with Gasteiger partial charge in [-0.05, 0) is 43.6 Å². The Morgan fingerprint density at radius 1 is 1.00 bits per heavy atom. The van der Waals surface area contributed by atoms with Crippen molar-refractivity contribution >= 4 is 0 Å². The van der Waals surface area contributed by atoms with Crippen LogP contribution in [0.3, 0.4) is 0 Å². The van der Waals surface area contributed by atoms with E-state index < -0.39 is 0 Å². The second kappa shape index (κ2) is 5.34. The fraction of sp³-hybridized carbons (Fsp3) is 1.00. The Kier molecular flexibility index (Phi) is 4.07. The molecule has 0 heterocycles. The summed E-state index contributed by atoms with van der Waals surface area (Å²) in [5, 5.41) is 3.85. The van der Waals surface area contributed by atoms with Crippen LogP contribution in [0.5, 0.6) is 0 Å². The molecular formula is C14H27N. The third-order valence-electron chi connectivity index (χ3n) is 4.86. The van der Waals surface area contributed by atoms with E-state index in [0.29, 0.717) is 0 Å². The monoisotopic (exact) mass is 209 g/mol. The summed E-state index contributed by atoms with van der Waals surface area (Å²) in [6.07, 6.45) is 10.1. The van der Waals surface area contributed by atoms with Gasteiger partial charge in [-0.25, -0.2) is 0 Å². The van der Waals surface area contributed by atoms with Gasteiger partial charge in [0, 0.05) is 6.04 Å². The minimum absolute atomic E-state index is 0.850. The number of rotatable bonds is 4. The van der Waals surface area contributed by atoms with E-state index in [2.05, 4.69) is 19.2 Å². The van der Waals surface area contributed by atoms with Gasteiger partial charge >= 0.3 is 0 Å². The van der Waals surface area contributed by atoms with E-state index in [0.717, 1.165) is 23.8 Å². The zero-order valence-corrected chi connectivity index (χ0v) is 10.5. The summed E-state index contributed by atoms with van der Waals surface area (Å²) in [6, 6.07) is 0.850. The third kappa shape index (κ3) is 2.75. The number of nitrogens with one attached hydrogen (secondary N) is 1. The highest BCUT2D eigenvalue weighted by molar-refractivity contribution is 4.84. The molecule has 0 aromatic carbocycles. The lowest BCUT2D eigenvalue weighted by atomic mass is 9.96. The Bertz CT molecular complexity index is 190. The maximum Gasteiger partial charge on any atom is 0.00953 e. The SMILES string of the molecule is CCC1CCCC1NCC1CCCC1C. The van der Waals surface area contributed by atoms with Gasteiger partial charge in [0.25, 0.3) is 0 Å². The van der Waals surface area contributed by atoms with E-state index in [1.54, 1.807) is 0 Å². The smallest absolute Gasteiger partial charge is 0.00953 e. The van der Waals surface area contributed by atoms with Gasteiger partial charge in [0.2, 0.25) is 0 Å². The maximum absolute atomic E-state index is 3.85. The molecule has 1 N–H and O–H groups in total. The van der Waals surface area contributed by atoms with Gasteiger partial charge in [0.05, 0.1) is 0 Å². The van der Waals surface area contributed by atoms with Crippen LogP contribution in [0.4, 0.5) is 0 Å². The molecule has 4 unspecified atom stereocenters. The first-order valence-corrected chi connectivity index (χ1v) is 7.04. The van der Waals surface area contributed by atoms with Crippen LogP contribution < -0.4 is 5.32 Å². The molecule has 0 radical (unpaired) electrons. The van der Waals surface area contributed by atoms with E-state index in [1.165, 1.54) is 51.5 Å². The average molecular weight is 209 g/mol. The van der Waals surface area contributed by atoms with Crippen LogP contribution in [0, 0.1) is 17.8 Å². The highest BCUT2D eigenvalue weighted by Crippen LogP contribution is 2.32. The van der Waals surface area contributed by atoms with Gasteiger partial charge in [-0.15, -0.1) is 0 Å². The van der Waals surface area contributed by atoms with Crippen LogP contribution in [-0.4, -0.2) is 12.6 Å². The molecule has 2 rings (SSSR count). The molecule has 2 aliphatic rings. The summed E-state index contributed by atoms with van der Waals surface area (Å²) < 4.78 is 0. The lowest BCUT2D eigenvalue weighted by Gasteiger charge is -2.23. The average Bonchev–Trinajstić information content (AvgIpc) is 2.83. The molecule has 2 aliphatic carbocycles. The molecule has 1 nitrogen and oxygen atoms in total. The Morgan fingerprint density at radius 3 is 2.40 bits per heavy atom. The molecule has 2 saturated carbocycles. The summed E-state index contributed by atoms with van der Waals surface area (Å²) in [7, 11) is 0. The van der Waals surface area contributed by atoms with Crippen LogP contribution >= 0.6 is 0 Å². The van der Waals surface area contributed by atoms with Gasteiger partial charge in [-0.1, -0.05) is 39.5 Å². The van der Waals surface area contributed by atoms with Gasteiger partial charge in [-0.3, -0.25) is 0 Å². The maximum atomic E-state index is 3.85. The minimum Gasteiger partial charge on any atom is -0.313 e. The highest BCUT2D eigenvalue weighted by atomic mass is 14.9. The second-order valence-corrected chi connectivity index (χ2v) is 5.78.